The van der Waals surface area contributed by atoms with Crippen molar-refractivity contribution in [1.82, 2.24) is 9.55 Å². The normalized spacial score (nSPS) is 16.2. The molecule has 1 aliphatic rings. The Balaban J connectivity index is 1.41. The number of anilines is 1. The molecule has 3 aromatic rings. The number of imidazole rings is 1. The minimum atomic E-state index is 0.143. The van der Waals surface area contributed by atoms with Crippen LogP contribution in [0.2, 0.25) is 0 Å². The zero-order valence-electron chi connectivity index (χ0n) is 20.4. The highest BCUT2D eigenvalue weighted by molar-refractivity contribution is 5.96. The van der Waals surface area contributed by atoms with Gasteiger partial charge < -0.3 is 9.47 Å². The lowest BCUT2D eigenvalue weighted by atomic mass is 10.1. The van der Waals surface area contributed by atoms with E-state index in [1.54, 1.807) is 0 Å². The quantitative estimate of drug-likeness (QED) is 0.272. The van der Waals surface area contributed by atoms with Gasteiger partial charge in [-0.3, -0.25) is 4.79 Å². The summed E-state index contributed by atoms with van der Waals surface area (Å²) in [7, 11) is 0. The fourth-order valence-electron chi connectivity index (χ4n) is 5.15. The first-order chi connectivity index (χ1) is 16.2. The number of benzene rings is 2. The summed E-state index contributed by atoms with van der Waals surface area (Å²) >= 11 is 0. The molecule has 4 rings (SSSR count). The maximum atomic E-state index is 12.9. The summed E-state index contributed by atoms with van der Waals surface area (Å²) in [6, 6.07) is 16.7. The molecule has 0 saturated carbocycles. The highest BCUT2D eigenvalue weighted by atomic mass is 16.2. The van der Waals surface area contributed by atoms with Crippen LogP contribution < -0.4 is 4.90 Å². The minimum Gasteiger partial charge on any atom is -0.328 e. The molecule has 0 aliphatic carbocycles. The molecule has 33 heavy (non-hydrogen) atoms. The van der Waals surface area contributed by atoms with Gasteiger partial charge in [-0.25, -0.2) is 4.98 Å². The van der Waals surface area contributed by atoms with Gasteiger partial charge in [-0.2, -0.15) is 0 Å². The summed E-state index contributed by atoms with van der Waals surface area (Å²) in [6.45, 7) is 6.05. The van der Waals surface area contributed by atoms with Crippen LogP contribution in [0, 0.1) is 6.92 Å². The fraction of sp³-hybridized carbons (Fsp3) is 0.517. The van der Waals surface area contributed by atoms with E-state index in [0.717, 1.165) is 23.6 Å². The lowest BCUT2D eigenvalue weighted by molar-refractivity contribution is -0.117. The van der Waals surface area contributed by atoms with Crippen molar-refractivity contribution in [1.29, 1.82) is 0 Å². The Labute approximate surface area is 199 Å². The van der Waals surface area contributed by atoms with Crippen molar-refractivity contribution in [2.45, 2.75) is 90.5 Å². The third-order valence-electron chi connectivity index (χ3n) is 6.97. The lowest BCUT2D eigenvalue weighted by Crippen LogP contribution is -2.24. The Morgan fingerprint density at radius 1 is 0.909 bits per heavy atom. The molecule has 4 heteroatoms. The topological polar surface area (TPSA) is 38.1 Å². The number of amides is 1. The van der Waals surface area contributed by atoms with Gasteiger partial charge in [0.05, 0.1) is 11.0 Å². The average Bonchev–Trinajstić information content (AvgIpc) is 3.38. The van der Waals surface area contributed by atoms with Gasteiger partial charge in [0.1, 0.15) is 5.82 Å². The molecule has 1 atom stereocenters. The summed E-state index contributed by atoms with van der Waals surface area (Å²) in [6.07, 6.45) is 12.5. The van der Waals surface area contributed by atoms with Gasteiger partial charge >= 0.3 is 0 Å². The molecule has 0 radical (unpaired) electrons. The molecule has 4 nitrogen and oxygen atoms in total. The molecule has 176 valence electrons. The molecular formula is C29H39N3O. The molecule has 2 aromatic carbocycles. The number of para-hydroxylation sites is 2. The highest BCUT2D eigenvalue weighted by Gasteiger charge is 2.34. The Kier molecular flexibility index (Phi) is 8.20. The molecule has 0 unspecified atom stereocenters. The van der Waals surface area contributed by atoms with Crippen molar-refractivity contribution >= 4 is 22.6 Å². The maximum absolute atomic E-state index is 12.9. The predicted octanol–water partition coefficient (Wildman–Crippen LogP) is 7.40. The number of aryl methyl sites for hydroxylation is 2. The number of carbonyl (C=O) groups excluding carboxylic acids is 1. The monoisotopic (exact) mass is 445 g/mol. The van der Waals surface area contributed by atoms with Gasteiger partial charge in [-0.15, -0.1) is 0 Å². The van der Waals surface area contributed by atoms with E-state index in [9.17, 15) is 4.79 Å². The molecule has 0 spiro atoms. The molecular weight excluding hydrogens is 406 g/mol. The first kappa shape index (κ1) is 23.5. The average molecular weight is 446 g/mol. The van der Waals surface area contributed by atoms with Gasteiger partial charge in [-0.1, -0.05) is 82.6 Å². The van der Waals surface area contributed by atoms with Crippen molar-refractivity contribution in [3.8, 4) is 0 Å². The second kappa shape index (κ2) is 11.5. The molecule has 1 saturated heterocycles. The van der Waals surface area contributed by atoms with E-state index in [-0.39, 0.29) is 11.8 Å². The number of nitrogens with zero attached hydrogens (tertiary/aromatic N) is 3. The van der Waals surface area contributed by atoms with Gasteiger partial charge in [0.2, 0.25) is 5.91 Å². The van der Waals surface area contributed by atoms with Crippen molar-refractivity contribution < 1.29 is 4.79 Å². The number of unbranched alkanes of at least 4 members (excludes halogenated alkanes) is 8. The van der Waals surface area contributed by atoms with Crippen molar-refractivity contribution in [2.75, 3.05) is 11.4 Å². The van der Waals surface area contributed by atoms with Gasteiger partial charge in [-0.05, 0) is 43.2 Å². The van der Waals surface area contributed by atoms with Crippen LogP contribution in [0.25, 0.3) is 11.0 Å². The van der Waals surface area contributed by atoms with Crippen LogP contribution in [-0.2, 0) is 11.3 Å². The summed E-state index contributed by atoms with van der Waals surface area (Å²) in [5.41, 5.74) is 4.43. The fourth-order valence-corrected chi connectivity index (χ4v) is 5.15. The first-order valence-corrected chi connectivity index (χ1v) is 13.0. The molecule has 0 N–H and O–H groups in total. The van der Waals surface area contributed by atoms with Gasteiger partial charge in [0.25, 0.3) is 0 Å². The number of hydrogen-bond donors (Lipinski definition) is 0. The zero-order chi connectivity index (χ0) is 23.0. The Hall–Kier alpha value is -2.62. The van der Waals surface area contributed by atoms with E-state index < -0.39 is 0 Å². The van der Waals surface area contributed by atoms with Crippen LogP contribution in [0.3, 0.4) is 0 Å². The van der Waals surface area contributed by atoms with E-state index in [1.165, 1.54) is 68.9 Å². The predicted molar refractivity (Wildman–Crippen MR) is 138 cm³/mol. The number of aromatic nitrogens is 2. The van der Waals surface area contributed by atoms with Crippen LogP contribution in [0.5, 0.6) is 0 Å². The first-order valence-electron chi connectivity index (χ1n) is 13.0. The van der Waals surface area contributed by atoms with Gasteiger partial charge in [0, 0.05) is 31.1 Å². The van der Waals surface area contributed by atoms with E-state index in [0.29, 0.717) is 13.0 Å². The largest absolute Gasteiger partial charge is 0.328 e. The summed E-state index contributed by atoms with van der Waals surface area (Å²) in [5, 5.41) is 0. The molecule has 0 bridgehead atoms. The molecule has 1 aliphatic heterocycles. The van der Waals surface area contributed by atoms with Crippen LogP contribution in [0.15, 0.2) is 48.5 Å². The van der Waals surface area contributed by atoms with E-state index >= 15 is 0 Å². The number of rotatable bonds is 12. The lowest BCUT2D eigenvalue weighted by Gasteiger charge is -2.18. The number of hydrogen-bond acceptors (Lipinski definition) is 2. The Morgan fingerprint density at radius 3 is 2.39 bits per heavy atom. The smallest absolute Gasteiger partial charge is 0.227 e. The SMILES string of the molecule is CCCCCCCCCCCn1c([C@@H]2CC(=O)N(c3cccc(C)c3)C2)nc2ccccc21. The summed E-state index contributed by atoms with van der Waals surface area (Å²) < 4.78 is 2.40. The number of fused-ring (bicyclic) bond motifs is 1. The number of carbonyl (C=O) groups is 1. The summed E-state index contributed by atoms with van der Waals surface area (Å²) in [5.74, 6) is 1.43. The van der Waals surface area contributed by atoms with E-state index in [4.69, 9.17) is 4.98 Å². The van der Waals surface area contributed by atoms with Crippen LogP contribution >= 0.6 is 0 Å². The Bertz CT molecular complexity index is 1050. The van der Waals surface area contributed by atoms with E-state index in [1.807, 2.05) is 17.0 Å². The van der Waals surface area contributed by atoms with Crippen molar-refractivity contribution in [2.24, 2.45) is 0 Å². The third kappa shape index (κ3) is 5.85. The summed E-state index contributed by atoms with van der Waals surface area (Å²) in [4.78, 5) is 19.9. The molecule has 1 amide bonds. The highest BCUT2D eigenvalue weighted by Crippen LogP contribution is 2.33. The molecule has 2 heterocycles. The minimum absolute atomic E-state index is 0.143. The Morgan fingerprint density at radius 2 is 1.64 bits per heavy atom. The van der Waals surface area contributed by atoms with Crippen LogP contribution in [0.4, 0.5) is 5.69 Å². The second-order valence-corrected chi connectivity index (χ2v) is 9.68. The standard InChI is InChI=1S/C29H39N3O/c1-3-4-5-6-7-8-9-10-13-19-31-27-18-12-11-17-26(27)30-29(31)24-21-28(33)32(22-24)25-16-14-15-23(2)20-25/h11-12,14-18,20,24H,3-10,13,19,21-22H2,1-2H3/t24-/m1/s1. The molecule has 1 fully saturated rings. The van der Waals surface area contributed by atoms with Crippen LogP contribution in [0.1, 0.15) is 88.4 Å². The van der Waals surface area contributed by atoms with E-state index in [2.05, 4.69) is 54.8 Å². The second-order valence-electron chi connectivity index (χ2n) is 9.68. The molecule has 1 aromatic heterocycles. The van der Waals surface area contributed by atoms with Crippen molar-refractivity contribution in [3.63, 3.8) is 0 Å². The maximum Gasteiger partial charge on any atom is 0.227 e. The zero-order valence-corrected chi connectivity index (χ0v) is 20.4. The van der Waals surface area contributed by atoms with Crippen LogP contribution in [-0.4, -0.2) is 22.0 Å². The van der Waals surface area contributed by atoms with Crippen molar-refractivity contribution in [3.05, 3.63) is 59.9 Å². The third-order valence-corrected chi connectivity index (χ3v) is 6.97. The van der Waals surface area contributed by atoms with Gasteiger partial charge in [0.15, 0.2) is 0 Å².